The topological polar surface area (TPSA) is 81.8 Å². The van der Waals surface area contributed by atoms with Gasteiger partial charge in [-0.2, -0.15) is 0 Å². The van der Waals surface area contributed by atoms with Gasteiger partial charge in [0, 0.05) is 6.42 Å². The summed E-state index contributed by atoms with van der Waals surface area (Å²) in [6, 6.07) is 4.29. The molecule has 1 aromatic carbocycles. The highest BCUT2D eigenvalue weighted by molar-refractivity contribution is 5.90. The molecular formula is C11H13NO4. The van der Waals surface area contributed by atoms with Crippen molar-refractivity contribution in [1.29, 1.82) is 0 Å². The number of benzene rings is 1. The van der Waals surface area contributed by atoms with Crippen LogP contribution in [0.4, 0.5) is 5.69 Å². The summed E-state index contributed by atoms with van der Waals surface area (Å²) in [5.74, 6) is -0.581. The number of aromatic hydroxyl groups is 1. The molecule has 0 aromatic heterocycles. The van der Waals surface area contributed by atoms with E-state index in [1.807, 2.05) is 0 Å². The number of hydrogen-bond acceptors (Lipinski definition) is 5. The Hall–Kier alpha value is -1.75. The van der Waals surface area contributed by atoms with Crippen LogP contribution in [-0.2, 0) is 9.47 Å². The van der Waals surface area contributed by atoms with Crippen molar-refractivity contribution in [2.24, 2.45) is 0 Å². The van der Waals surface area contributed by atoms with Gasteiger partial charge in [-0.25, -0.2) is 4.79 Å². The average Bonchev–Trinajstić information content (AvgIpc) is 2.74. The second-order valence-electron chi connectivity index (χ2n) is 3.66. The molecule has 0 bridgehead atoms. The number of esters is 1. The Labute approximate surface area is 92.8 Å². The van der Waals surface area contributed by atoms with Crippen molar-refractivity contribution in [1.82, 2.24) is 0 Å². The maximum absolute atomic E-state index is 11.6. The SMILES string of the molecule is Nc1ccc(C(=O)OC2CCOC2)cc1O. The van der Waals surface area contributed by atoms with E-state index in [2.05, 4.69) is 0 Å². The van der Waals surface area contributed by atoms with E-state index in [4.69, 9.17) is 15.2 Å². The van der Waals surface area contributed by atoms with E-state index in [9.17, 15) is 9.90 Å². The second kappa shape index (κ2) is 4.40. The lowest BCUT2D eigenvalue weighted by Crippen LogP contribution is -2.18. The quantitative estimate of drug-likeness (QED) is 0.442. The number of anilines is 1. The molecule has 1 aliphatic heterocycles. The van der Waals surface area contributed by atoms with Gasteiger partial charge in [0.2, 0.25) is 0 Å². The maximum Gasteiger partial charge on any atom is 0.338 e. The highest BCUT2D eigenvalue weighted by Gasteiger charge is 2.21. The van der Waals surface area contributed by atoms with E-state index in [-0.39, 0.29) is 17.5 Å². The largest absolute Gasteiger partial charge is 0.506 e. The summed E-state index contributed by atoms with van der Waals surface area (Å²) >= 11 is 0. The van der Waals surface area contributed by atoms with Gasteiger partial charge in [-0.05, 0) is 18.2 Å². The van der Waals surface area contributed by atoms with E-state index in [1.54, 1.807) is 0 Å². The summed E-state index contributed by atoms with van der Waals surface area (Å²) in [7, 11) is 0. The Kier molecular flexibility index (Phi) is 2.96. The van der Waals surface area contributed by atoms with Crippen LogP contribution in [0.15, 0.2) is 18.2 Å². The molecule has 3 N–H and O–H groups in total. The van der Waals surface area contributed by atoms with Gasteiger partial charge < -0.3 is 20.3 Å². The third-order valence-corrected chi connectivity index (χ3v) is 2.43. The summed E-state index contributed by atoms with van der Waals surface area (Å²) in [5, 5.41) is 9.35. The number of nitrogen functional groups attached to an aromatic ring is 1. The van der Waals surface area contributed by atoms with Crippen LogP contribution >= 0.6 is 0 Å². The third kappa shape index (κ3) is 2.25. The average molecular weight is 223 g/mol. The fourth-order valence-electron chi connectivity index (χ4n) is 1.50. The predicted octanol–water partition coefficient (Wildman–Crippen LogP) is 0.920. The fourth-order valence-corrected chi connectivity index (χ4v) is 1.50. The molecule has 2 rings (SSSR count). The van der Waals surface area contributed by atoms with Crippen molar-refractivity contribution in [3.05, 3.63) is 23.8 Å². The lowest BCUT2D eigenvalue weighted by Gasteiger charge is -2.10. The first-order valence-electron chi connectivity index (χ1n) is 5.04. The van der Waals surface area contributed by atoms with Gasteiger partial charge in [-0.1, -0.05) is 0 Å². The number of ether oxygens (including phenoxy) is 2. The second-order valence-corrected chi connectivity index (χ2v) is 3.66. The molecule has 0 spiro atoms. The maximum atomic E-state index is 11.6. The summed E-state index contributed by atoms with van der Waals surface area (Å²) in [6.45, 7) is 1.05. The van der Waals surface area contributed by atoms with Crippen LogP contribution in [-0.4, -0.2) is 30.4 Å². The standard InChI is InChI=1S/C11H13NO4/c12-9-2-1-7(5-10(9)13)11(14)16-8-3-4-15-6-8/h1-2,5,8,13H,3-4,6,12H2. The molecule has 1 unspecified atom stereocenters. The number of nitrogens with two attached hydrogens (primary N) is 1. The lowest BCUT2D eigenvalue weighted by molar-refractivity contribution is 0.0270. The number of carbonyl (C=O) groups excluding carboxylic acids is 1. The van der Waals surface area contributed by atoms with Gasteiger partial charge in [0.05, 0.1) is 24.5 Å². The van der Waals surface area contributed by atoms with Gasteiger partial charge in [0.25, 0.3) is 0 Å². The Morgan fingerprint density at radius 1 is 1.56 bits per heavy atom. The number of phenols is 1. The van der Waals surface area contributed by atoms with E-state index >= 15 is 0 Å². The number of rotatable bonds is 2. The number of phenolic OH excluding ortho intramolecular Hbond substituents is 1. The van der Waals surface area contributed by atoms with Crippen molar-refractivity contribution >= 4 is 11.7 Å². The number of hydrogen-bond donors (Lipinski definition) is 2. The van der Waals surface area contributed by atoms with E-state index < -0.39 is 5.97 Å². The van der Waals surface area contributed by atoms with Gasteiger partial charge in [-0.3, -0.25) is 0 Å². The number of carbonyl (C=O) groups is 1. The van der Waals surface area contributed by atoms with Crippen LogP contribution in [0.3, 0.4) is 0 Å². The van der Waals surface area contributed by atoms with E-state index in [0.717, 1.165) is 0 Å². The lowest BCUT2D eigenvalue weighted by atomic mass is 10.2. The monoisotopic (exact) mass is 223 g/mol. The van der Waals surface area contributed by atoms with Crippen LogP contribution < -0.4 is 5.73 Å². The molecule has 0 aliphatic carbocycles. The zero-order valence-electron chi connectivity index (χ0n) is 8.68. The van der Waals surface area contributed by atoms with Crippen molar-refractivity contribution in [3.8, 4) is 5.75 Å². The van der Waals surface area contributed by atoms with Crippen LogP contribution in [0.2, 0.25) is 0 Å². The van der Waals surface area contributed by atoms with Gasteiger partial charge in [-0.15, -0.1) is 0 Å². The summed E-state index contributed by atoms with van der Waals surface area (Å²) in [5.41, 5.74) is 5.96. The van der Waals surface area contributed by atoms with Crippen molar-refractivity contribution in [2.45, 2.75) is 12.5 Å². The summed E-state index contributed by atoms with van der Waals surface area (Å²) in [4.78, 5) is 11.6. The Morgan fingerprint density at radius 3 is 3.00 bits per heavy atom. The first kappa shape index (κ1) is 10.8. The summed E-state index contributed by atoms with van der Waals surface area (Å²) in [6.07, 6.45) is 0.527. The molecule has 1 heterocycles. The first-order valence-corrected chi connectivity index (χ1v) is 5.04. The molecule has 5 heteroatoms. The van der Waals surface area contributed by atoms with E-state index in [0.29, 0.717) is 25.2 Å². The molecule has 0 amide bonds. The van der Waals surface area contributed by atoms with Crippen molar-refractivity contribution in [3.63, 3.8) is 0 Å². The summed E-state index contributed by atoms with van der Waals surface area (Å²) < 4.78 is 10.3. The molecule has 1 atom stereocenters. The van der Waals surface area contributed by atoms with Gasteiger partial charge in [0.1, 0.15) is 11.9 Å². The van der Waals surface area contributed by atoms with Crippen LogP contribution in [0.25, 0.3) is 0 Å². The first-order chi connectivity index (χ1) is 7.66. The highest BCUT2D eigenvalue weighted by atomic mass is 16.6. The molecule has 1 aliphatic rings. The zero-order valence-corrected chi connectivity index (χ0v) is 8.68. The third-order valence-electron chi connectivity index (χ3n) is 2.43. The zero-order chi connectivity index (χ0) is 11.5. The normalized spacial score (nSPS) is 19.6. The molecule has 0 radical (unpaired) electrons. The smallest absolute Gasteiger partial charge is 0.338 e. The molecule has 0 saturated carbocycles. The molecule has 1 fully saturated rings. The fraction of sp³-hybridized carbons (Fsp3) is 0.364. The van der Waals surface area contributed by atoms with Crippen molar-refractivity contribution < 1.29 is 19.4 Å². The van der Waals surface area contributed by atoms with Gasteiger partial charge >= 0.3 is 5.97 Å². The molecular weight excluding hydrogens is 210 g/mol. The molecule has 1 saturated heterocycles. The Bertz CT molecular complexity index is 399. The predicted molar refractivity (Wildman–Crippen MR) is 57.2 cm³/mol. The van der Waals surface area contributed by atoms with Crippen LogP contribution in [0, 0.1) is 0 Å². The highest BCUT2D eigenvalue weighted by Crippen LogP contribution is 2.21. The minimum atomic E-state index is -0.467. The molecule has 5 nitrogen and oxygen atoms in total. The van der Waals surface area contributed by atoms with E-state index in [1.165, 1.54) is 18.2 Å². The molecule has 16 heavy (non-hydrogen) atoms. The Morgan fingerprint density at radius 2 is 2.38 bits per heavy atom. The Balaban J connectivity index is 2.05. The van der Waals surface area contributed by atoms with Crippen molar-refractivity contribution in [2.75, 3.05) is 18.9 Å². The minimum Gasteiger partial charge on any atom is -0.506 e. The minimum absolute atomic E-state index is 0.114. The van der Waals surface area contributed by atoms with Gasteiger partial charge in [0.15, 0.2) is 0 Å². The molecule has 86 valence electrons. The van der Waals surface area contributed by atoms with Crippen LogP contribution in [0.5, 0.6) is 5.75 Å². The van der Waals surface area contributed by atoms with Crippen LogP contribution in [0.1, 0.15) is 16.8 Å². The molecule has 1 aromatic rings.